The van der Waals surface area contributed by atoms with Gasteiger partial charge in [-0.15, -0.1) is 11.6 Å². The molecule has 0 aromatic carbocycles. The molecule has 1 atom stereocenters. The van der Waals surface area contributed by atoms with E-state index in [0.717, 1.165) is 6.42 Å². The summed E-state index contributed by atoms with van der Waals surface area (Å²) in [6.45, 7) is 5.53. The van der Waals surface area contributed by atoms with Crippen molar-refractivity contribution < 1.29 is 0 Å². The lowest BCUT2D eigenvalue weighted by Gasteiger charge is -1.87. The summed E-state index contributed by atoms with van der Waals surface area (Å²) in [5.74, 6) is 0. The number of halogens is 1. The lowest BCUT2D eigenvalue weighted by molar-refractivity contribution is 0.964. The Hall–Kier alpha value is 0.290. The van der Waals surface area contributed by atoms with E-state index in [4.69, 9.17) is 11.6 Å². The summed E-state index contributed by atoms with van der Waals surface area (Å²) in [7, 11) is 0. The molecule has 0 fully saturated rings. The van der Waals surface area contributed by atoms with Gasteiger partial charge in [-0.05, 0) is 13.3 Å². The number of alkyl halides is 1. The molecule has 0 aromatic heterocycles. The van der Waals surface area contributed by atoms with Gasteiger partial charge in [0, 0.05) is 5.38 Å². The molecule has 0 saturated heterocycles. The molecule has 0 aliphatic heterocycles. The lowest BCUT2D eigenvalue weighted by atomic mass is 10.4. The van der Waals surface area contributed by atoms with Gasteiger partial charge in [-0.1, -0.05) is 6.92 Å². The van der Waals surface area contributed by atoms with Crippen molar-refractivity contribution >= 4 is 11.6 Å². The molecule has 0 heterocycles. The second kappa shape index (κ2) is 2.52. The van der Waals surface area contributed by atoms with E-state index in [-0.39, 0.29) is 5.38 Å². The fourth-order valence-electron chi connectivity index (χ4n) is 0. The summed E-state index contributed by atoms with van der Waals surface area (Å²) in [5, 5.41) is 0.106. The minimum absolute atomic E-state index is 0.106. The smallest absolute Gasteiger partial charge is 0.0334 e. The predicted octanol–water partition coefficient (Wildman–Crippen LogP) is 1.84. The zero-order valence-corrected chi connectivity index (χ0v) is 4.13. The third-order valence-corrected chi connectivity index (χ3v) is 0.752. The normalized spacial score (nSPS) is 15.0. The second-order valence-electron chi connectivity index (χ2n) is 1.01. The van der Waals surface area contributed by atoms with Crippen LogP contribution in [0.2, 0.25) is 0 Å². The van der Waals surface area contributed by atoms with Gasteiger partial charge in [0.05, 0.1) is 0 Å². The van der Waals surface area contributed by atoms with Gasteiger partial charge in [-0.3, -0.25) is 0 Å². The van der Waals surface area contributed by atoms with E-state index >= 15 is 0 Å². The summed E-state index contributed by atoms with van der Waals surface area (Å²) in [6, 6.07) is 0. The van der Waals surface area contributed by atoms with Gasteiger partial charge in [-0.25, -0.2) is 0 Å². The van der Waals surface area contributed by atoms with Gasteiger partial charge < -0.3 is 0 Å². The number of rotatable bonds is 1. The molecule has 0 bridgehead atoms. The van der Waals surface area contributed by atoms with Crippen LogP contribution in [0.25, 0.3) is 0 Å². The Kier molecular flexibility index (Phi) is 2.67. The molecule has 0 aliphatic rings. The Morgan fingerprint density at radius 3 is 2.20 bits per heavy atom. The van der Waals surface area contributed by atoms with Crippen LogP contribution in [-0.2, 0) is 0 Å². The van der Waals surface area contributed by atoms with Gasteiger partial charge in [0.25, 0.3) is 0 Å². The molecule has 1 heteroatoms. The van der Waals surface area contributed by atoms with Crippen molar-refractivity contribution in [2.24, 2.45) is 0 Å². The molecule has 0 rings (SSSR count). The first-order valence-electron chi connectivity index (χ1n) is 1.74. The van der Waals surface area contributed by atoms with Crippen molar-refractivity contribution in [2.45, 2.75) is 18.7 Å². The van der Waals surface area contributed by atoms with Crippen LogP contribution in [0.3, 0.4) is 0 Å². The fraction of sp³-hybridized carbons (Fsp3) is 0.750. The Bertz CT molecular complexity index is 17.6. The van der Waals surface area contributed by atoms with Crippen molar-refractivity contribution in [3.05, 3.63) is 6.92 Å². The van der Waals surface area contributed by atoms with Crippen LogP contribution in [0.5, 0.6) is 0 Å². The average Bonchev–Trinajstić information content (AvgIpc) is 1.38. The highest BCUT2D eigenvalue weighted by molar-refractivity contribution is 6.21. The van der Waals surface area contributed by atoms with Gasteiger partial charge in [0.2, 0.25) is 0 Å². The van der Waals surface area contributed by atoms with Gasteiger partial charge in [-0.2, -0.15) is 0 Å². The van der Waals surface area contributed by atoms with Gasteiger partial charge in [0.15, 0.2) is 0 Å². The standard InChI is InChI=1S/C4H8Cl/c1-3-4(2)5/h4H,2-3H2,1H3. The molecule has 0 spiro atoms. The third-order valence-electron chi connectivity index (χ3n) is 0.443. The van der Waals surface area contributed by atoms with E-state index in [1.807, 2.05) is 6.92 Å². The van der Waals surface area contributed by atoms with Gasteiger partial charge in [0.1, 0.15) is 0 Å². The first-order chi connectivity index (χ1) is 2.27. The van der Waals surface area contributed by atoms with Crippen LogP contribution in [0, 0.1) is 6.92 Å². The van der Waals surface area contributed by atoms with Crippen molar-refractivity contribution in [3.63, 3.8) is 0 Å². The van der Waals surface area contributed by atoms with E-state index < -0.39 is 0 Å². The van der Waals surface area contributed by atoms with Crippen molar-refractivity contribution in [1.82, 2.24) is 0 Å². The first kappa shape index (κ1) is 5.29. The van der Waals surface area contributed by atoms with E-state index in [2.05, 4.69) is 6.92 Å². The summed E-state index contributed by atoms with van der Waals surface area (Å²) in [6.07, 6.45) is 0.960. The number of hydrogen-bond acceptors (Lipinski definition) is 0. The summed E-state index contributed by atoms with van der Waals surface area (Å²) in [4.78, 5) is 0. The maximum Gasteiger partial charge on any atom is 0.0334 e. The minimum Gasteiger partial charge on any atom is -0.123 e. The van der Waals surface area contributed by atoms with Gasteiger partial charge >= 0.3 is 0 Å². The maximum atomic E-state index is 5.35. The highest BCUT2D eigenvalue weighted by Crippen LogP contribution is 1.94. The molecule has 31 valence electrons. The summed E-state index contributed by atoms with van der Waals surface area (Å²) >= 11 is 5.35. The highest BCUT2D eigenvalue weighted by atomic mass is 35.5. The molecule has 0 aliphatic carbocycles. The van der Waals surface area contributed by atoms with Crippen molar-refractivity contribution in [2.75, 3.05) is 0 Å². The van der Waals surface area contributed by atoms with Crippen LogP contribution in [0.15, 0.2) is 0 Å². The fourth-order valence-corrected chi connectivity index (χ4v) is 0. The summed E-state index contributed by atoms with van der Waals surface area (Å²) in [5.41, 5.74) is 0. The average molecular weight is 91.6 g/mol. The Morgan fingerprint density at radius 2 is 2.20 bits per heavy atom. The van der Waals surface area contributed by atoms with E-state index in [1.165, 1.54) is 0 Å². The largest absolute Gasteiger partial charge is 0.123 e. The first-order valence-corrected chi connectivity index (χ1v) is 2.18. The lowest BCUT2D eigenvalue weighted by Crippen LogP contribution is -1.82. The molecule has 0 N–H and O–H groups in total. The van der Waals surface area contributed by atoms with Crippen LogP contribution in [0.1, 0.15) is 13.3 Å². The van der Waals surface area contributed by atoms with E-state index in [9.17, 15) is 0 Å². The van der Waals surface area contributed by atoms with Crippen LogP contribution in [0.4, 0.5) is 0 Å². The van der Waals surface area contributed by atoms with Crippen LogP contribution >= 0.6 is 11.6 Å². The van der Waals surface area contributed by atoms with Crippen LogP contribution in [-0.4, -0.2) is 5.38 Å². The molecule has 1 unspecified atom stereocenters. The zero-order valence-electron chi connectivity index (χ0n) is 3.37. The molecule has 0 nitrogen and oxygen atoms in total. The summed E-state index contributed by atoms with van der Waals surface area (Å²) < 4.78 is 0. The van der Waals surface area contributed by atoms with Crippen molar-refractivity contribution in [1.29, 1.82) is 0 Å². The zero-order chi connectivity index (χ0) is 4.28. The topological polar surface area (TPSA) is 0 Å². The van der Waals surface area contributed by atoms with Crippen LogP contribution < -0.4 is 0 Å². The third kappa shape index (κ3) is 4.29. The molecule has 0 amide bonds. The Morgan fingerprint density at radius 1 is 2.00 bits per heavy atom. The Balaban J connectivity index is 2.54. The molecular weight excluding hydrogens is 83.5 g/mol. The SMILES string of the molecule is [CH2]C(Cl)CC. The van der Waals surface area contributed by atoms with E-state index in [0.29, 0.717) is 0 Å². The monoisotopic (exact) mass is 91.0 g/mol. The molecule has 0 saturated carbocycles. The molecule has 1 radical (unpaired) electrons. The quantitative estimate of drug-likeness (QED) is 0.432. The predicted molar refractivity (Wildman–Crippen MR) is 25.3 cm³/mol. The maximum absolute atomic E-state index is 5.35. The Labute approximate surface area is 38.1 Å². The van der Waals surface area contributed by atoms with E-state index in [1.54, 1.807) is 0 Å². The second-order valence-corrected chi connectivity index (χ2v) is 1.62. The minimum atomic E-state index is 0.106. The molecule has 5 heavy (non-hydrogen) atoms. The van der Waals surface area contributed by atoms with Crippen molar-refractivity contribution in [3.8, 4) is 0 Å². The molecular formula is C4H8Cl. The molecule has 0 aromatic rings. The highest BCUT2D eigenvalue weighted by Gasteiger charge is 1.83. The number of hydrogen-bond donors (Lipinski definition) is 0.